The normalized spacial score (nSPS) is 10.5. The fourth-order valence-electron chi connectivity index (χ4n) is 1.30. The van der Waals surface area contributed by atoms with Gasteiger partial charge in [0.25, 0.3) is 0 Å². The van der Waals surface area contributed by atoms with Gasteiger partial charge in [-0.2, -0.15) is 4.37 Å². The zero-order chi connectivity index (χ0) is 10.1. The van der Waals surface area contributed by atoms with Crippen molar-refractivity contribution in [3.05, 3.63) is 33.2 Å². The highest BCUT2D eigenvalue weighted by Crippen LogP contribution is 2.26. The van der Waals surface area contributed by atoms with E-state index in [1.807, 2.05) is 0 Å². The molecule has 4 heteroatoms. The summed E-state index contributed by atoms with van der Waals surface area (Å²) in [6.45, 7) is 4.24. The Labute approximate surface area is 101 Å². The third-order valence-electron chi connectivity index (χ3n) is 2.24. The second-order valence-electron chi connectivity index (χ2n) is 3.12. The van der Waals surface area contributed by atoms with Crippen molar-refractivity contribution < 1.29 is 0 Å². The molecule has 2 aromatic rings. The van der Waals surface area contributed by atoms with E-state index in [4.69, 9.17) is 0 Å². The van der Waals surface area contributed by atoms with Crippen LogP contribution in [0, 0.1) is 17.7 Å². The molecule has 0 amide bonds. The number of hydrogen-bond acceptors (Lipinski definition) is 3. The first-order valence-electron chi connectivity index (χ1n) is 4.24. The topological polar surface area (TPSA) is 25.8 Å². The van der Waals surface area contributed by atoms with Gasteiger partial charge in [0.05, 0.1) is 0 Å². The molecule has 0 aliphatic rings. The quantitative estimate of drug-likeness (QED) is 0.753. The molecule has 0 spiro atoms. The molecule has 14 heavy (non-hydrogen) atoms. The van der Waals surface area contributed by atoms with E-state index in [-0.39, 0.29) is 0 Å². The Morgan fingerprint density at radius 3 is 2.71 bits per heavy atom. The van der Waals surface area contributed by atoms with Gasteiger partial charge in [-0.05, 0) is 36.5 Å². The van der Waals surface area contributed by atoms with Crippen molar-refractivity contribution in [2.75, 3.05) is 0 Å². The summed E-state index contributed by atoms with van der Waals surface area (Å²) in [5.74, 6) is 0. The van der Waals surface area contributed by atoms with Crippen LogP contribution in [0.1, 0.15) is 11.1 Å². The van der Waals surface area contributed by atoms with Gasteiger partial charge in [0.15, 0.2) is 0 Å². The Kier molecular flexibility index (Phi) is 2.83. The highest BCUT2D eigenvalue weighted by atomic mass is 127. The van der Waals surface area contributed by atoms with Gasteiger partial charge in [-0.25, -0.2) is 4.98 Å². The molecule has 0 radical (unpaired) electrons. The molecule has 2 rings (SSSR count). The second kappa shape index (κ2) is 3.94. The molecule has 0 saturated heterocycles. The largest absolute Gasteiger partial charge is 0.210 e. The fourth-order valence-corrected chi connectivity index (χ4v) is 2.65. The molecule has 0 N–H and O–H groups in total. The summed E-state index contributed by atoms with van der Waals surface area (Å²) in [5, 5.41) is 1.01. The molecular formula is C10H9IN2S. The maximum atomic E-state index is 4.38. The highest BCUT2D eigenvalue weighted by Gasteiger charge is 2.08. The lowest BCUT2D eigenvalue weighted by atomic mass is 10.0. The Balaban J connectivity index is 2.57. The van der Waals surface area contributed by atoms with Gasteiger partial charge in [0.2, 0.25) is 3.83 Å². The molecule has 0 unspecified atom stereocenters. The van der Waals surface area contributed by atoms with Crippen LogP contribution in [0.5, 0.6) is 0 Å². The van der Waals surface area contributed by atoms with Crippen molar-refractivity contribution in [1.29, 1.82) is 0 Å². The molecular weight excluding hydrogens is 307 g/mol. The molecule has 72 valence electrons. The van der Waals surface area contributed by atoms with Gasteiger partial charge in [-0.15, -0.1) is 0 Å². The van der Waals surface area contributed by atoms with E-state index in [2.05, 4.69) is 64.0 Å². The van der Waals surface area contributed by atoms with Crippen LogP contribution in [0.15, 0.2) is 18.2 Å². The number of aromatic nitrogens is 2. The van der Waals surface area contributed by atoms with Crippen molar-refractivity contribution in [3.8, 4) is 10.6 Å². The first-order valence-corrected chi connectivity index (χ1v) is 6.09. The van der Waals surface area contributed by atoms with E-state index in [0.29, 0.717) is 0 Å². The fraction of sp³-hybridized carbons (Fsp3) is 0.200. The SMILES string of the molecule is Cc1cccc(-c2nc(I)ns2)c1C. The lowest BCUT2D eigenvalue weighted by molar-refractivity contribution is 1.24. The van der Waals surface area contributed by atoms with Crippen LogP contribution in [0.4, 0.5) is 0 Å². The maximum Gasteiger partial charge on any atom is 0.203 e. The van der Waals surface area contributed by atoms with Gasteiger partial charge in [0, 0.05) is 28.2 Å². The summed E-state index contributed by atoms with van der Waals surface area (Å²) in [7, 11) is 0. The van der Waals surface area contributed by atoms with Gasteiger partial charge >= 0.3 is 0 Å². The maximum absolute atomic E-state index is 4.38. The zero-order valence-corrected chi connectivity index (χ0v) is 10.9. The standard InChI is InChI=1S/C10H9IN2S/c1-6-4-3-5-8(7(6)2)9-12-10(11)13-14-9/h3-5H,1-2H3. The lowest BCUT2D eigenvalue weighted by Crippen LogP contribution is -1.86. The number of hydrogen-bond donors (Lipinski definition) is 0. The van der Waals surface area contributed by atoms with E-state index >= 15 is 0 Å². The summed E-state index contributed by atoms with van der Waals surface area (Å²) in [4.78, 5) is 4.38. The minimum absolute atomic E-state index is 0.823. The zero-order valence-electron chi connectivity index (χ0n) is 7.91. The number of nitrogens with zero attached hydrogens (tertiary/aromatic N) is 2. The van der Waals surface area contributed by atoms with Gasteiger partial charge in [-0.1, -0.05) is 18.2 Å². The van der Waals surface area contributed by atoms with Gasteiger partial charge < -0.3 is 0 Å². The number of aryl methyl sites for hydroxylation is 1. The van der Waals surface area contributed by atoms with Crippen molar-refractivity contribution in [2.24, 2.45) is 0 Å². The Morgan fingerprint density at radius 2 is 2.07 bits per heavy atom. The second-order valence-corrected chi connectivity index (χ2v) is 4.83. The third-order valence-corrected chi connectivity index (χ3v) is 3.79. The predicted molar refractivity (Wildman–Crippen MR) is 67.5 cm³/mol. The van der Waals surface area contributed by atoms with Crippen LogP contribution in [0.3, 0.4) is 0 Å². The molecule has 1 aromatic heterocycles. The van der Waals surface area contributed by atoms with E-state index in [1.165, 1.54) is 28.2 Å². The van der Waals surface area contributed by atoms with Gasteiger partial charge in [-0.3, -0.25) is 0 Å². The summed E-state index contributed by atoms with van der Waals surface area (Å²) in [5.41, 5.74) is 3.79. The van der Waals surface area contributed by atoms with Crippen molar-refractivity contribution >= 4 is 34.1 Å². The average molecular weight is 316 g/mol. The molecule has 0 aliphatic heterocycles. The Morgan fingerprint density at radius 1 is 1.29 bits per heavy atom. The first-order chi connectivity index (χ1) is 6.68. The van der Waals surface area contributed by atoms with E-state index in [9.17, 15) is 0 Å². The van der Waals surface area contributed by atoms with Crippen LogP contribution in [-0.2, 0) is 0 Å². The molecule has 1 aromatic carbocycles. The van der Waals surface area contributed by atoms with Crippen molar-refractivity contribution in [3.63, 3.8) is 0 Å². The Hall–Kier alpha value is -0.490. The molecule has 0 fully saturated rings. The molecule has 0 atom stereocenters. The van der Waals surface area contributed by atoms with Crippen LogP contribution < -0.4 is 0 Å². The van der Waals surface area contributed by atoms with Crippen molar-refractivity contribution in [1.82, 2.24) is 9.36 Å². The average Bonchev–Trinajstić information content (AvgIpc) is 2.57. The molecule has 0 aliphatic carbocycles. The van der Waals surface area contributed by atoms with Crippen LogP contribution in [0.2, 0.25) is 0 Å². The smallest absolute Gasteiger partial charge is 0.203 e. The van der Waals surface area contributed by atoms with Gasteiger partial charge in [0.1, 0.15) is 5.01 Å². The number of rotatable bonds is 1. The summed E-state index contributed by atoms with van der Waals surface area (Å²) >= 11 is 3.59. The first kappa shape index (κ1) is 10.0. The molecule has 1 heterocycles. The molecule has 2 nitrogen and oxygen atoms in total. The number of halogens is 1. The van der Waals surface area contributed by atoms with E-state index in [0.717, 1.165) is 8.84 Å². The summed E-state index contributed by atoms with van der Waals surface area (Å²) < 4.78 is 5.00. The number of benzene rings is 1. The lowest BCUT2D eigenvalue weighted by Gasteiger charge is -2.03. The van der Waals surface area contributed by atoms with Crippen LogP contribution in [0.25, 0.3) is 10.6 Å². The van der Waals surface area contributed by atoms with Crippen molar-refractivity contribution in [2.45, 2.75) is 13.8 Å². The minimum atomic E-state index is 0.823. The van der Waals surface area contributed by atoms with E-state index in [1.54, 1.807) is 0 Å². The molecule has 0 saturated carbocycles. The third kappa shape index (κ3) is 1.81. The Bertz CT molecular complexity index is 465. The monoisotopic (exact) mass is 316 g/mol. The molecule has 0 bridgehead atoms. The summed E-state index contributed by atoms with van der Waals surface area (Å²) in [6, 6.07) is 6.27. The highest BCUT2D eigenvalue weighted by molar-refractivity contribution is 14.1. The van der Waals surface area contributed by atoms with Crippen LogP contribution in [-0.4, -0.2) is 9.36 Å². The summed E-state index contributed by atoms with van der Waals surface area (Å²) in [6.07, 6.45) is 0. The minimum Gasteiger partial charge on any atom is -0.210 e. The van der Waals surface area contributed by atoms with E-state index < -0.39 is 0 Å². The predicted octanol–water partition coefficient (Wildman–Crippen LogP) is 3.43. The van der Waals surface area contributed by atoms with Crippen LogP contribution >= 0.6 is 34.1 Å².